The summed E-state index contributed by atoms with van der Waals surface area (Å²) < 4.78 is 35.0. The Labute approximate surface area is 154 Å². The van der Waals surface area contributed by atoms with Crippen molar-refractivity contribution in [3.8, 4) is 5.75 Å². The molecule has 0 unspecified atom stereocenters. The molecule has 1 fully saturated rings. The van der Waals surface area contributed by atoms with Crippen LogP contribution in [-0.4, -0.2) is 39.4 Å². The third-order valence-electron chi connectivity index (χ3n) is 4.61. The van der Waals surface area contributed by atoms with Gasteiger partial charge in [-0.15, -0.1) is 0 Å². The van der Waals surface area contributed by atoms with Gasteiger partial charge in [0, 0.05) is 32.4 Å². The summed E-state index contributed by atoms with van der Waals surface area (Å²) in [6.07, 6.45) is 3.40. The second kappa shape index (κ2) is 9.71. The number of halogens is 2. The van der Waals surface area contributed by atoms with E-state index in [2.05, 4.69) is 20.4 Å². The van der Waals surface area contributed by atoms with Crippen LogP contribution in [0.2, 0.25) is 0 Å². The SMILES string of the molecule is CCNC(=NCc1cc(C)ccc1OC(F)F)NCC1(CCOC)CC1. The molecule has 26 heavy (non-hydrogen) atoms. The van der Waals surface area contributed by atoms with E-state index in [1.807, 2.05) is 19.9 Å². The molecule has 0 bridgehead atoms. The fraction of sp³-hybridized carbons (Fsp3) is 0.632. The van der Waals surface area contributed by atoms with Gasteiger partial charge < -0.3 is 20.1 Å². The molecule has 1 aliphatic rings. The molecule has 0 radical (unpaired) electrons. The van der Waals surface area contributed by atoms with Crippen LogP contribution >= 0.6 is 0 Å². The van der Waals surface area contributed by atoms with E-state index >= 15 is 0 Å². The number of hydrogen-bond donors (Lipinski definition) is 2. The Morgan fingerprint density at radius 1 is 1.31 bits per heavy atom. The summed E-state index contributed by atoms with van der Waals surface area (Å²) in [7, 11) is 1.72. The third kappa shape index (κ3) is 6.44. The van der Waals surface area contributed by atoms with E-state index in [-0.39, 0.29) is 12.3 Å². The summed E-state index contributed by atoms with van der Waals surface area (Å²) in [5, 5.41) is 6.57. The van der Waals surface area contributed by atoms with Crippen molar-refractivity contribution in [1.82, 2.24) is 10.6 Å². The zero-order valence-electron chi connectivity index (χ0n) is 15.8. The highest BCUT2D eigenvalue weighted by molar-refractivity contribution is 5.79. The minimum absolute atomic E-state index is 0.170. The predicted octanol–water partition coefficient (Wildman–Crippen LogP) is 3.47. The number of guanidine groups is 1. The Balaban J connectivity index is 2.01. The molecule has 1 aliphatic carbocycles. The van der Waals surface area contributed by atoms with Crippen LogP contribution in [0.15, 0.2) is 23.2 Å². The number of hydrogen-bond acceptors (Lipinski definition) is 3. The van der Waals surface area contributed by atoms with Gasteiger partial charge in [-0.25, -0.2) is 4.99 Å². The number of ether oxygens (including phenoxy) is 2. The van der Waals surface area contributed by atoms with Gasteiger partial charge in [0.25, 0.3) is 0 Å². The van der Waals surface area contributed by atoms with Crippen LogP contribution in [0.25, 0.3) is 0 Å². The molecule has 2 N–H and O–H groups in total. The first kappa shape index (κ1) is 20.4. The highest BCUT2D eigenvalue weighted by atomic mass is 19.3. The Bertz CT molecular complexity index is 604. The number of nitrogens with zero attached hydrogens (tertiary/aromatic N) is 1. The van der Waals surface area contributed by atoms with Crippen LogP contribution in [-0.2, 0) is 11.3 Å². The van der Waals surface area contributed by atoms with Crippen molar-refractivity contribution < 1.29 is 18.3 Å². The second-order valence-electron chi connectivity index (χ2n) is 6.78. The van der Waals surface area contributed by atoms with Gasteiger partial charge in [-0.3, -0.25) is 0 Å². The maximum atomic E-state index is 12.6. The molecule has 0 atom stereocenters. The molecule has 1 saturated carbocycles. The fourth-order valence-corrected chi connectivity index (χ4v) is 2.83. The number of alkyl halides is 2. The van der Waals surface area contributed by atoms with Gasteiger partial charge >= 0.3 is 6.61 Å². The van der Waals surface area contributed by atoms with Crippen LogP contribution in [0.1, 0.15) is 37.3 Å². The second-order valence-corrected chi connectivity index (χ2v) is 6.78. The standard InChI is InChI=1S/C19H29F2N3O2/c1-4-22-18(24-13-19(7-8-19)9-10-25-3)23-12-15-11-14(2)5-6-16(15)26-17(20)21/h5-6,11,17H,4,7-10,12-13H2,1-3H3,(H2,22,23,24). The van der Waals surface area contributed by atoms with E-state index in [4.69, 9.17) is 4.74 Å². The number of benzene rings is 1. The Morgan fingerprint density at radius 3 is 2.69 bits per heavy atom. The van der Waals surface area contributed by atoms with E-state index in [9.17, 15) is 8.78 Å². The molecule has 5 nitrogen and oxygen atoms in total. The van der Waals surface area contributed by atoms with Crippen LogP contribution in [0.4, 0.5) is 8.78 Å². The number of aliphatic imine (C=N–C) groups is 1. The maximum absolute atomic E-state index is 12.6. The number of nitrogens with one attached hydrogen (secondary N) is 2. The monoisotopic (exact) mass is 369 g/mol. The van der Waals surface area contributed by atoms with Crippen LogP contribution in [0, 0.1) is 12.3 Å². The topological polar surface area (TPSA) is 54.9 Å². The molecule has 146 valence electrons. The normalized spacial score (nSPS) is 15.8. The third-order valence-corrected chi connectivity index (χ3v) is 4.61. The molecule has 7 heteroatoms. The van der Waals surface area contributed by atoms with Gasteiger partial charge in [-0.1, -0.05) is 17.7 Å². The molecule has 0 aliphatic heterocycles. The van der Waals surface area contributed by atoms with Gasteiger partial charge in [0.15, 0.2) is 5.96 Å². The minimum Gasteiger partial charge on any atom is -0.434 e. The van der Waals surface area contributed by atoms with Gasteiger partial charge in [0.1, 0.15) is 5.75 Å². The van der Waals surface area contributed by atoms with Gasteiger partial charge in [-0.05, 0) is 44.6 Å². The van der Waals surface area contributed by atoms with E-state index in [0.717, 1.165) is 31.7 Å². The van der Waals surface area contributed by atoms with Crippen molar-refractivity contribution in [3.63, 3.8) is 0 Å². The van der Waals surface area contributed by atoms with Crippen LogP contribution in [0.3, 0.4) is 0 Å². The van der Waals surface area contributed by atoms with Crippen molar-refractivity contribution >= 4 is 5.96 Å². The predicted molar refractivity (Wildman–Crippen MR) is 98.8 cm³/mol. The first-order valence-corrected chi connectivity index (χ1v) is 9.03. The van der Waals surface area contributed by atoms with E-state index < -0.39 is 6.61 Å². The van der Waals surface area contributed by atoms with Crippen molar-refractivity contribution in [2.24, 2.45) is 10.4 Å². The molecule has 0 spiro atoms. The van der Waals surface area contributed by atoms with Crippen molar-refractivity contribution in [1.29, 1.82) is 0 Å². The smallest absolute Gasteiger partial charge is 0.387 e. The zero-order chi connectivity index (χ0) is 19.0. The molecular weight excluding hydrogens is 340 g/mol. The average molecular weight is 369 g/mol. The van der Waals surface area contributed by atoms with Gasteiger partial charge in [0.05, 0.1) is 6.54 Å². The summed E-state index contributed by atoms with van der Waals surface area (Å²) in [4.78, 5) is 4.54. The van der Waals surface area contributed by atoms with Crippen molar-refractivity contribution in [3.05, 3.63) is 29.3 Å². The quantitative estimate of drug-likeness (QED) is 0.490. The van der Waals surface area contributed by atoms with Crippen molar-refractivity contribution in [2.75, 3.05) is 26.8 Å². The summed E-state index contributed by atoms with van der Waals surface area (Å²) in [5.41, 5.74) is 1.91. The summed E-state index contributed by atoms with van der Waals surface area (Å²) in [6.45, 7) is 3.64. The maximum Gasteiger partial charge on any atom is 0.387 e. The number of methoxy groups -OCH3 is 1. The highest BCUT2D eigenvalue weighted by Crippen LogP contribution is 2.48. The van der Waals surface area contributed by atoms with Gasteiger partial charge in [-0.2, -0.15) is 8.78 Å². The molecule has 1 aromatic carbocycles. The number of aryl methyl sites for hydroxylation is 1. The lowest BCUT2D eigenvalue weighted by molar-refractivity contribution is -0.0504. The molecule has 2 rings (SSSR count). The van der Waals surface area contributed by atoms with E-state index in [0.29, 0.717) is 16.9 Å². The lowest BCUT2D eigenvalue weighted by atomic mass is 10.0. The van der Waals surface area contributed by atoms with E-state index in [1.165, 1.54) is 12.8 Å². The molecule has 0 amide bonds. The lowest BCUT2D eigenvalue weighted by Gasteiger charge is -2.18. The Hall–Kier alpha value is -1.89. The molecular formula is C19H29F2N3O2. The summed E-state index contributed by atoms with van der Waals surface area (Å²) >= 11 is 0. The highest BCUT2D eigenvalue weighted by Gasteiger charge is 2.41. The van der Waals surface area contributed by atoms with Crippen LogP contribution in [0.5, 0.6) is 5.75 Å². The van der Waals surface area contributed by atoms with Gasteiger partial charge in [0.2, 0.25) is 0 Å². The fourth-order valence-electron chi connectivity index (χ4n) is 2.83. The Kier molecular flexibility index (Phi) is 7.63. The largest absolute Gasteiger partial charge is 0.434 e. The first-order chi connectivity index (χ1) is 12.5. The summed E-state index contributed by atoms with van der Waals surface area (Å²) in [5.74, 6) is 0.852. The molecule has 0 saturated heterocycles. The zero-order valence-corrected chi connectivity index (χ0v) is 15.8. The average Bonchev–Trinajstić information content (AvgIpc) is 3.37. The first-order valence-electron chi connectivity index (χ1n) is 9.03. The van der Waals surface area contributed by atoms with Crippen LogP contribution < -0.4 is 15.4 Å². The Morgan fingerprint density at radius 2 is 2.08 bits per heavy atom. The minimum atomic E-state index is -2.85. The van der Waals surface area contributed by atoms with E-state index in [1.54, 1.807) is 19.2 Å². The number of rotatable bonds is 10. The molecule has 0 aromatic heterocycles. The summed E-state index contributed by atoms with van der Waals surface area (Å²) in [6, 6.07) is 5.14. The van der Waals surface area contributed by atoms with Crippen molar-refractivity contribution in [2.45, 2.75) is 46.3 Å². The molecule has 0 heterocycles. The lowest BCUT2D eigenvalue weighted by Crippen LogP contribution is -2.40. The molecule has 1 aromatic rings.